The van der Waals surface area contributed by atoms with Crippen LogP contribution in [0.15, 0.2) is 18.2 Å². The molecule has 114 valence electrons. The van der Waals surface area contributed by atoms with E-state index in [-0.39, 0.29) is 17.5 Å². The molecule has 0 unspecified atom stereocenters. The molecule has 1 amide bonds. The quantitative estimate of drug-likeness (QED) is 0.799. The smallest absolute Gasteiger partial charge is 0.409 e. The Morgan fingerprint density at radius 1 is 1.43 bits per heavy atom. The van der Waals surface area contributed by atoms with Crippen LogP contribution in [-0.2, 0) is 21.5 Å². The number of halogens is 1. The molecule has 3 rings (SSSR count). The minimum Gasteiger partial charge on any atom is -0.450 e. The van der Waals surface area contributed by atoms with Crippen LogP contribution in [0.2, 0.25) is 0 Å². The van der Waals surface area contributed by atoms with Gasteiger partial charge in [0.05, 0.1) is 18.8 Å². The third-order valence-electron chi connectivity index (χ3n) is 4.41. The molecule has 2 aliphatic rings. The highest BCUT2D eigenvalue weighted by Gasteiger charge is 2.41. The van der Waals surface area contributed by atoms with Crippen LogP contribution in [0.1, 0.15) is 30.9 Å². The molecule has 2 heterocycles. The molecule has 1 aromatic carbocycles. The van der Waals surface area contributed by atoms with Gasteiger partial charge in [0.2, 0.25) is 0 Å². The van der Waals surface area contributed by atoms with E-state index in [4.69, 9.17) is 9.47 Å². The second kappa shape index (κ2) is 5.64. The summed E-state index contributed by atoms with van der Waals surface area (Å²) in [5.74, 6) is -0.199. The fourth-order valence-electron chi connectivity index (χ4n) is 3.33. The number of piperidine rings is 1. The van der Waals surface area contributed by atoms with Crippen molar-refractivity contribution in [2.24, 2.45) is 0 Å². The minimum absolute atomic E-state index is 0.199. The normalized spacial score (nSPS) is 20.2. The molecular weight excluding hydrogens is 273 g/mol. The lowest BCUT2D eigenvalue weighted by atomic mass is 9.79. The lowest BCUT2D eigenvalue weighted by Crippen LogP contribution is -2.48. The van der Waals surface area contributed by atoms with Gasteiger partial charge in [-0.3, -0.25) is 0 Å². The zero-order valence-corrected chi connectivity index (χ0v) is 12.2. The Morgan fingerprint density at radius 3 is 2.90 bits per heavy atom. The van der Waals surface area contributed by atoms with Crippen LogP contribution in [0.4, 0.5) is 9.18 Å². The molecule has 4 nitrogen and oxygen atoms in total. The first-order valence-electron chi connectivity index (χ1n) is 7.49. The van der Waals surface area contributed by atoms with Crippen molar-refractivity contribution in [2.75, 3.05) is 26.3 Å². The summed E-state index contributed by atoms with van der Waals surface area (Å²) in [5.41, 5.74) is 1.74. The zero-order chi connectivity index (χ0) is 14.9. The van der Waals surface area contributed by atoms with Gasteiger partial charge < -0.3 is 14.4 Å². The highest BCUT2D eigenvalue weighted by molar-refractivity contribution is 5.67. The number of benzene rings is 1. The summed E-state index contributed by atoms with van der Waals surface area (Å²) in [6.45, 7) is 4.01. The standard InChI is InChI=1S/C16H20FNO3/c1-2-20-15(19)18-8-6-16(7-9-18)14-4-3-13(17)11-12(14)5-10-21-16/h3-4,11H,2,5-10H2,1H3. The molecule has 1 spiro atoms. The minimum atomic E-state index is -0.371. The van der Waals surface area contributed by atoms with E-state index in [9.17, 15) is 9.18 Å². The Bertz CT molecular complexity index is 538. The van der Waals surface area contributed by atoms with Crippen LogP contribution in [-0.4, -0.2) is 37.3 Å². The predicted molar refractivity (Wildman–Crippen MR) is 75.6 cm³/mol. The molecule has 0 saturated carbocycles. The van der Waals surface area contributed by atoms with Gasteiger partial charge >= 0.3 is 6.09 Å². The highest BCUT2D eigenvalue weighted by Crippen LogP contribution is 2.41. The molecule has 0 bridgehead atoms. The summed E-state index contributed by atoms with van der Waals surface area (Å²) in [7, 11) is 0. The Labute approximate surface area is 123 Å². The van der Waals surface area contributed by atoms with E-state index in [2.05, 4.69) is 0 Å². The van der Waals surface area contributed by atoms with Gasteiger partial charge in [-0.1, -0.05) is 6.07 Å². The number of carbonyl (C=O) groups excluding carboxylic acids is 1. The van der Waals surface area contributed by atoms with E-state index in [1.165, 1.54) is 6.07 Å². The summed E-state index contributed by atoms with van der Waals surface area (Å²) >= 11 is 0. The number of rotatable bonds is 1. The van der Waals surface area contributed by atoms with Crippen molar-refractivity contribution >= 4 is 6.09 Å². The van der Waals surface area contributed by atoms with E-state index in [1.807, 2.05) is 6.07 Å². The van der Waals surface area contributed by atoms with Gasteiger partial charge in [-0.05, 0) is 49.4 Å². The van der Waals surface area contributed by atoms with E-state index < -0.39 is 0 Å². The summed E-state index contributed by atoms with van der Waals surface area (Å²) in [6.07, 6.45) is 1.94. The van der Waals surface area contributed by atoms with Gasteiger partial charge in [0.25, 0.3) is 0 Å². The van der Waals surface area contributed by atoms with Gasteiger partial charge in [-0.25, -0.2) is 9.18 Å². The third kappa shape index (κ3) is 2.62. The average molecular weight is 293 g/mol. The van der Waals surface area contributed by atoms with Crippen LogP contribution in [0, 0.1) is 5.82 Å². The highest BCUT2D eigenvalue weighted by atomic mass is 19.1. The maximum atomic E-state index is 13.4. The molecule has 21 heavy (non-hydrogen) atoms. The molecule has 0 N–H and O–H groups in total. The number of ether oxygens (including phenoxy) is 2. The van der Waals surface area contributed by atoms with Gasteiger partial charge in [-0.15, -0.1) is 0 Å². The Hall–Kier alpha value is -1.62. The first kappa shape index (κ1) is 14.3. The lowest BCUT2D eigenvalue weighted by molar-refractivity contribution is -0.0953. The number of carbonyl (C=O) groups is 1. The molecule has 1 saturated heterocycles. The molecule has 1 aromatic rings. The van der Waals surface area contributed by atoms with Gasteiger partial charge in [0.1, 0.15) is 5.82 Å². The van der Waals surface area contributed by atoms with E-state index in [1.54, 1.807) is 17.9 Å². The van der Waals surface area contributed by atoms with E-state index >= 15 is 0 Å². The van der Waals surface area contributed by atoms with E-state index in [0.29, 0.717) is 26.3 Å². The van der Waals surface area contributed by atoms with Crippen molar-refractivity contribution in [2.45, 2.75) is 31.8 Å². The topological polar surface area (TPSA) is 38.8 Å². The van der Waals surface area contributed by atoms with Crippen molar-refractivity contribution in [1.82, 2.24) is 4.90 Å². The molecule has 1 fully saturated rings. The van der Waals surface area contributed by atoms with Crippen LogP contribution in [0.3, 0.4) is 0 Å². The van der Waals surface area contributed by atoms with Crippen LogP contribution >= 0.6 is 0 Å². The van der Waals surface area contributed by atoms with Crippen molar-refractivity contribution < 1.29 is 18.7 Å². The Kier molecular flexibility index (Phi) is 3.85. The molecule has 0 aromatic heterocycles. The molecule has 0 atom stereocenters. The van der Waals surface area contributed by atoms with Crippen molar-refractivity contribution in [3.63, 3.8) is 0 Å². The lowest BCUT2D eigenvalue weighted by Gasteiger charge is -2.44. The molecule has 2 aliphatic heterocycles. The van der Waals surface area contributed by atoms with Gasteiger partial charge in [0.15, 0.2) is 0 Å². The van der Waals surface area contributed by atoms with Crippen molar-refractivity contribution in [3.05, 3.63) is 35.1 Å². The summed E-state index contributed by atoms with van der Waals surface area (Å²) in [5, 5.41) is 0. The number of fused-ring (bicyclic) bond motifs is 2. The van der Waals surface area contributed by atoms with Crippen molar-refractivity contribution in [3.8, 4) is 0 Å². The fourth-order valence-corrected chi connectivity index (χ4v) is 3.33. The number of likely N-dealkylation sites (tertiary alicyclic amines) is 1. The zero-order valence-electron chi connectivity index (χ0n) is 12.2. The number of hydrogen-bond donors (Lipinski definition) is 0. The maximum absolute atomic E-state index is 13.4. The summed E-state index contributed by atoms with van der Waals surface area (Å²) < 4.78 is 24.5. The maximum Gasteiger partial charge on any atom is 0.409 e. The third-order valence-corrected chi connectivity index (χ3v) is 4.41. The monoisotopic (exact) mass is 293 g/mol. The Morgan fingerprint density at radius 2 is 2.19 bits per heavy atom. The summed E-state index contributed by atoms with van der Waals surface area (Å²) in [4.78, 5) is 13.5. The predicted octanol–water partition coefficient (Wildman–Crippen LogP) is 2.85. The van der Waals surface area contributed by atoms with E-state index in [0.717, 1.165) is 30.4 Å². The number of nitrogens with zero attached hydrogens (tertiary/aromatic N) is 1. The van der Waals surface area contributed by atoms with Crippen LogP contribution in [0.5, 0.6) is 0 Å². The molecule has 0 aliphatic carbocycles. The number of hydrogen-bond acceptors (Lipinski definition) is 3. The molecule has 0 radical (unpaired) electrons. The largest absolute Gasteiger partial charge is 0.450 e. The first-order chi connectivity index (χ1) is 10.1. The van der Waals surface area contributed by atoms with Gasteiger partial charge in [0, 0.05) is 13.1 Å². The summed E-state index contributed by atoms with van der Waals surface area (Å²) in [6, 6.07) is 4.94. The van der Waals surface area contributed by atoms with Crippen molar-refractivity contribution in [1.29, 1.82) is 0 Å². The first-order valence-corrected chi connectivity index (χ1v) is 7.49. The Balaban J connectivity index is 1.78. The van der Waals surface area contributed by atoms with Gasteiger partial charge in [-0.2, -0.15) is 0 Å². The molecular formula is C16H20FNO3. The average Bonchev–Trinajstić information content (AvgIpc) is 2.48. The van der Waals surface area contributed by atoms with Crippen LogP contribution in [0.25, 0.3) is 0 Å². The SMILES string of the molecule is CCOC(=O)N1CCC2(CC1)OCCc1cc(F)ccc12. The number of amides is 1. The fraction of sp³-hybridized carbons (Fsp3) is 0.562. The van der Waals surface area contributed by atoms with Crippen LogP contribution < -0.4 is 0 Å². The molecule has 5 heteroatoms. The second-order valence-corrected chi connectivity index (χ2v) is 5.58. The second-order valence-electron chi connectivity index (χ2n) is 5.58.